The third-order valence-electron chi connectivity index (χ3n) is 0.901. The maximum absolute atomic E-state index is 10.2. The van der Waals surface area contributed by atoms with E-state index in [0.717, 1.165) is 0 Å². The van der Waals surface area contributed by atoms with E-state index in [-0.39, 0.29) is 6.42 Å². The first-order valence-electron chi connectivity index (χ1n) is 2.59. The van der Waals surface area contributed by atoms with Gasteiger partial charge in [-0.1, -0.05) is 6.08 Å². The van der Waals surface area contributed by atoms with Gasteiger partial charge in [0.15, 0.2) is 0 Å². The molecule has 0 saturated carbocycles. The zero-order valence-corrected chi connectivity index (χ0v) is 5.26. The third-order valence-corrected chi connectivity index (χ3v) is 0.901. The molecule has 0 aliphatic rings. The van der Waals surface area contributed by atoms with E-state index in [1.54, 1.807) is 13.0 Å². The molecule has 0 aliphatic heterocycles. The molecule has 0 radical (unpaired) electrons. The molecule has 1 amide bonds. The molecule has 9 heavy (non-hydrogen) atoms. The maximum Gasteiger partial charge on any atom is 0.221 e. The van der Waals surface area contributed by atoms with Crippen LogP contribution in [0.1, 0.15) is 13.3 Å². The van der Waals surface area contributed by atoms with Crippen molar-refractivity contribution in [3.63, 3.8) is 0 Å². The van der Waals surface area contributed by atoms with E-state index in [2.05, 4.69) is 0 Å². The molecule has 0 aliphatic carbocycles. The summed E-state index contributed by atoms with van der Waals surface area (Å²) in [6.45, 7) is 1.69. The Morgan fingerprint density at radius 1 is 1.67 bits per heavy atom. The number of allylic oxidation sites excluding steroid dienone is 1. The molecule has 0 unspecified atom stereocenters. The number of hydrogen-bond donors (Lipinski definition) is 1. The van der Waals surface area contributed by atoms with Crippen LogP contribution in [0.5, 0.6) is 0 Å². The Balaban J connectivity index is 3.86. The number of carbonyl (C=O) groups excluding carboxylic acids is 2. The molecule has 50 valence electrons. The van der Waals surface area contributed by atoms with Crippen molar-refractivity contribution in [3.8, 4) is 0 Å². The fraction of sp³-hybridized carbons (Fsp3) is 0.333. The zero-order chi connectivity index (χ0) is 7.28. The predicted octanol–water partition coefficient (Wildman–Crippen LogP) is 0.00700. The van der Waals surface area contributed by atoms with Crippen LogP contribution in [-0.4, -0.2) is 12.2 Å². The van der Waals surface area contributed by atoms with Crippen LogP contribution in [-0.2, 0) is 9.59 Å². The zero-order valence-electron chi connectivity index (χ0n) is 5.26. The molecule has 0 aromatic carbocycles. The van der Waals surface area contributed by atoms with Gasteiger partial charge in [0, 0.05) is 0 Å². The van der Waals surface area contributed by atoms with Crippen LogP contribution in [0.15, 0.2) is 11.6 Å². The lowest BCUT2D eigenvalue weighted by Crippen LogP contribution is -2.11. The Morgan fingerprint density at radius 2 is 2.22 bits per heavy atom. The summed E-state index contributed by atoms with van der Waals surface area (Å²) >= 11 is 0. The maximum atomic E-state index is 10.2. The highest BCUT2D eigenvalue weighted by molar-refractivity contribution is 5.86. The molecule has 0 atom stereocenters. The fourth-order valence-electron chi connectivity index (χ4n) is 0.413. The van der Waals surface area contributed by atoms with Crippen molar-refractivity contribution < 1.29 is 9.59 Å². The van der Waals surface area contributed by atoms with Gasteiger partial charge >= 0.3 is 0 Å². The molecule has 3 heteroatoms. The van der Waals surface area contributed by atoms with Gasteiger partial charge in [-0.25, -0.2) is 0 Å². The normalized spacial score (nSPS) is 11.0. The van der Waals surface area contributed by atoms with Gasteiger partial charge in [-0.2, -0.15) is 0 Å². The second-order valence-electron chi connectivity index (χ2n) is 1.62. The van der Waals surface area contributed by atoms with Crippen LogP contribution >= 0.6 is 0 Å². The highest BCUT2D eigenvalue weighted by atomic mass is 16.1. The smallest absolute Gasteiger partial charge is 0.221 e. The minimum absolute atomic E-state index is 0.0417. The summed E-state index contributed by atoms with van der Waals surface area (Å²) in [5, 5.41) is 0. The van der Waals surface area contributed by atoms with Crippen molar-refractivity contribution >= 4 is 12.2 Å². The lowest BCUT2D eigenvalue weighted by atomic mass is 10.2. The Labute approximate surface area is 53.5 Å². The molecule has 0 aromatic rings. The molecular formula is C6H9NO2. The molecule has 0 saturated heterocycles. The first-order valence-corrected chi connectivity index (χ1v) is 2.59. The standard InChI is InChI=1S/C6H9NO2/c1-2-5(4-8)3-6(7)9/h2,4H,3H2,1H3,(H2,7,9)/b5-2-. The molecule has 0 spiro atoms. The summed E-state index contributed by atoms with van der Waals surface area (Å²) in [4.78, 5) is 20.1. The van der Waals surface area contributed by atoms with Crippen LogP contribution in [0.2, 0.25) is 0 Å². The van der Waals surface area contributed by atoms with Crippen molar-refractivity contribution in [2.75, 3.05) is 0 Å². The monoisotopic (exact) mass is 127 g/mol. The van der Waals surface area contributed by atoms with Crippen LogP contribution in [0.3, 0.4) is 0 Å². The summed E-state index contributed by atoms with van der Waals surface area (Å²) in [6.07, 6.45) is 2.24. The van der Waals surface area contributed by atoms with E-state index < -0.39 is 5.91 Å². The van der Waals surface area contributed by atoms with Gasteiger partial charge in [0.25, 0.3) is 0 Å². The van der Waals surface area contributed by atoms with E-state index in [4.69, 9.17) is 5.73 Å². The van der Waals surface area contributed by atoms with Gasteiger partial charge in [0.1, 0.15) is 6.29 Å². The number of amides is 1. The highest BCUT2D eigenvalue weighted by Crippen LogP contribution is 1.93. The second kappa shape index (κ2) is 3.83. The number of hydrogen-bond acceptors (Lipinski definition) is 2. The number of carbonyl (C=O) groups is 2. The first-order chi connectivity index (χ1) is 4.20. The molecule has 0 rings (SSSR count). The largest absolute Gasteiger partial charge is 0.369 e. The first kappa shape index (κ1) is 7.88. The average Bonchev–Trinajstić information content (AvgIpc) is 1.82. The topological polar surface area (TPSA) is 60.2 Å². The number of primary amides is 1. The molecule has 0 heterocycles. The molecule has 0 fully saturated rings. The van der Waals surface area contributed by atoms with Crippen molar-refractivity contribution in [1.29, 1.82) is 0 Å². The van der Waals surface area contributed by atoms with E-state index in [9.17, 15) is 9.59 Å². The Hall–Kier alpha value is -1.12. The van der Waals surface area contributed by atoms with Crippen molar-refractivity contribution in [1.82, 2.24) is 0 Å². The van der Waals surface area contributed by atoms with Gasteiger partial charge in [-0.15, -0.1) is 0 Å². The van der Waals surface area contributed by atoms with E-state index in [1.807, 2.05) is 0 Å². The Bertz CT molecular complexity index is 149. The molecule has 0 aromatic heterocycles. The molecule has 3 nitrogen and oxygen atoms in total. The minimum Gasteiger partial charge on any atom is -0.369 e. The summed E-state index contributed by atoms with van der Waals surface area (Å²) in [5.41, 5.74) is 5.24. The van der Waals surface area contributed by atoms with Crippen LogP contribution in [0.4, 0.5) is 0 Å². The summed E-state index contributed by atoms with van der Waals surface area (Å²) < 4.78 is 0. The summed E-state index contributed by atoms with van der Waals surface area (Å²) in [5.74, 6) is -0.477. The van der Waals surface area contributed by atoms with Crippen LogP contribution < -0.4 is 5.73 Å². The predicted molar refractivity (Wildman–Crippen MR) is 33.6 cm³/mol. The van der Waals surface area contributed by atoms with Gasteiger partial charge in [0.2, 0.25) is 5.91 Å². The number of rotatable bonds is 3. The highest BCUT2D eigenvalue weighted by Gasteiger charge is 1.97. The SMILES string of the molecule is C/C=C(\C=O)CC(N)=O. The molecule has 2 N–H and O–H groups in total. The Kier molecular flexibility index (Phi) is 3.35. The van der Waals surface area contributed by atoms with Crippen LogP contribution in [0.25, 0.3) is 0 Å². The number of aldehydes is 1. The lowest BCUT2D eigenvalue weighted by Gasteiger charge is -1.89. The summed E-state index contributed by atoms with van der Waals surface area (Å²) in [6, 6.07) is 0. The van der Waals surface area contributed by atoms with Gasteiger partial charge in [-0.3, -0.25) is 9.59 Å². The van der Waals surface area contributed by atoms with Crippen LogP contribution in [0, 0.1) is 0 Å². The van der Waals surface area contributed by atoms with E-state index in [0.29, 0.717) is 11.9 Å². The summed E-state index contributed by atoms with van der Waals surface area (Å²) in [7, 11) is 0. The molecular weight excluding hydrogens is 118 g/mol. The number of nitrogens with two attached hydrogens (primary N) is 1. The van der Waals surface area contributed by atoms with E-state index >= 15 is 0 Å². The van der Waals surface area contributed by atoms with Gasteiger partial charge in [0.05, 0.1) is 6.42 Å². The van der Waals surface area contributed by atoms with Crippen molar-refractivity contribution in [2.45, 2.75) is 13.3 Å². The van der Waals surface area contributed by atoms with Crippen molar-refractivity contribution in [3.05, 3.63) is 11.6 Å². The molecule has 0 bridgehead atoms. The minimum atomic E-state index is -0.477. The van der Waals surface area contributed by atoms with Gasteiger partial charge < -0.3 is 5.73 Å². The Morgan fingerprint density at radius 3 is 2.33 bits per heavy atom. The second-order valence-corrected chi connectivity index (χ2v) is 1.62. The van der Waals surface area contributed by atoms with E-state index in [1.165, 1.54) is 0 Å². The average molecular weight is 127 g/mol. The fourth-order valence-corrected chi connectivity index (χ4v) is 0.413. The van der Waals surface area contributed by atoms with Crippen molar-refractivity contribution in [2.24, 2.45) is 5.73 Å². The lowest BCUT2D eigenvalue weighted by molar-refractivity contribution is -0.118. The third kappa shape index (κ3) is 3.46. The van der Waals surface area contributed by atoms with Gasteiger partial charge in [-0.05, 0) is 12.5 Å². The quantitative estimate of drug-likeness (QED) is 0.428.